The van der Waals surface area contributed by atoms with E-state index in [0.29, 0.717) is 6.61 Å². The minimum absolute atomic E-state index is 0.0521. The maximum atomic E-state index is 13.0. The van der Waals surface area contributed by atoms with Crippen LogP contribution >= 0.6 is 0 Å². The molecule has 2 nitrogen and oxygen atoms in total. The molecule has 0 saturated heterocycles. The maximum absolute atomic E-state index is 13.0. The van der Waals surface area contributed by atoms with Gasteiger partial charge in [0.05, 0.1) is 6.10 Å². The van der Waals surface area contributed by atoms with E-state index >= 15 is 0 Å². The molecule has 2 unspecified atom stereocenters. The van der Waals surface area contributed by atoms with Gasteiger partial charge in [0.15, 0.2) is 0 Å². The topological polar surface area (TPSA) is 29.5 Å². The molecular weight excluding hydrogens is 226 g/mol. The van der Waals surface area contributed by atoms with E-state index in [1.807, 2.05) is 20.8 Å². The molecule has 1 rings (SSSR count). The molecule has 96 valence electrons. The number of rotatable bonds is 5. The minimum Gasteiger partial charge on any atom is -0.386 e. The van der Waals surface area contributed by atoms with Crippen LogP contribution in [-0.2, 0) is 4.74 Å². The quantitative estimate of drug-likeness (QED) is 0.862. The highest BCUT2D eigenvalue weighted by molar-refractivity contribution is 5.21. The van der Waals surface area contributed by atoms with Crippen LogP contribution in [0.3, 0.4) is 0 Å². The summed E-state index contributed by atoms with van der Waals surface area (Å²) in [5.41, 5.74) is 0.203. The van der Waals surface area contributed by atoms with Gasteiger partial charge in [0.25, 0.3) is 0 Å². The summed E-state index contributed by atoms with van der Waals surface area (Å²) in [5.74, 6) is -1.34. The van der Waals surface area contributed by atoms with Gasteiger partial charge in [-0.15, -0.1) is 0 Å². The average molecular weight is 244 g/mol. The van der Waals surface area contributed by atoms with Crippen LogP contribution in [0, 0.1) is 17.6 Å². The molecule has 0 amide bonds. The van der Waals surface area contributed by atoms with Crippen molar-refractivity contribution in [3.63, 3.8) is 0 Å². The van der Waals surface area contributed by atoms with Gasteiger partial charge in [0.2, 0.25) is 0 Å². The second kappa shape index (κ2) is 6.07. The van der Waals surface area contributed by atoms with Crippen LogP contribution in [0.1, 0.15) is 32.4 Å². The molecule has 0 fully saturated rings. The monoisotopic (exact) mass is 244 g/mol. The van der Waals surface area contributed by atoms with E-state index < -0.39 is 23.8 Å². The maximum Gasteiger partial charge on any atom is 0.126 e. The summed E-state index contributed by atoms with van der Waals surface area (Å²) >= 11 is 0. The Bertz CT molecular complexity index is 346. The van der Waals surface area contributed by atoms with Crippen molar-refractivity contribution in [1.29, 1.82) is 0 Å². The molecule has 0 bridgehead atoms. The Morgan fingerprint density at radius 3 is 2.12 bits per heavy atom. The van der Waals surface area contributed by atoms with Crippen molar-refractivity contribution in [2.24, 2.45) is 5.92 Å². The van der Waals surface area contributed by atoms with Crippen molar-refractivity contribution < 1.29 is 18.6 Å². The van der Waals surface area contributed by atoms with E-state index in [2.05, 4.69) is 0 Å². The Balaban J connectivity index is 2.96. The second-order valence-electron chi connectivity index (χ2n) is 4.31. The standard InChI is InChI=1S/C13H18F2O2/c1-4-17-13(8(2)3)12(16)9-5-10(14)7-11(15)6-9/h5-8,12-13,16H,4H2,1-3H3. The Labute approximate surface area is 100 Å². The molecule has 17 heavy (non-hydrogen) atoms. The average Bonchev–Trinajstić information content (AvgIpc) is 2.23. The zero-order chi connectivity index (χ0) is 13.0. The van der Waals surface area contributed by atoms with E-state index in [4.69, 9.17) is 4.74 Å². The molecule has 0 spiro atoms. The molecule has 0 heterocycles. The van der Waals surface area contributed by atoms with Gasteiger partial charge in [-0.2, -0.15) is 0 Å². The highest BCUT2D eigenvalue weighted by atomic mass is 19.1. The number of halogens is 2. The lowest BCUT2D eigenvalue weighted by Crippen LogP contribution is -2.28. The number of benzene rings is 1. The van der Waals surface area contributed by atoms with Crippen molar-refractivity contribution in [2.45, 2.75) is 33.0 Å². The summed E-state index contributed by atoms with van der Waals surface area (Å²) in [5, 5.41) is 10.1. The highest BCUT2D eigenvalue weighted by Gasteiger charge is 2.25. The smallest absolute Gasteiger partial charge is 0.126 e. The van der Waals surface area contributed by atoms with Gasteiger partial charge in [-0.25, -0.2) is 8.78 Å². The van der Waals surface area contributed by atoms with E-state index in [0.717, 1.165) is 18.2 Å². The van der Waals surface area contributed by atoms with Gasteiger partial charge in [-0.05, 0) is 30.5 Å². The van der Waals surface area contributed by atoms with E-state index in [1.165, 1.54) is 0 Å². The lowest BCUT2D eigenvalue weighted by atomic mass is 9.96. The molecule has 0 aliphatic carbocycles. The van der Waals surface area contributed by atoms with Crippen molar-refractivity contribution in [1.82, 2.24) is 0 Å². The molecule has 1 N–H and O–H groups in total. The number of ether oxygens (including phenoxy) is 1. The third kappa shape index (κ3) is 3.75. The Morgan fingerprint density at radius 2 is 1.71 bits per heavy atom. The largest absolute Gasteiger partial charge is 0.386 e. The fourth-order valence-corrected chi connectivity index (χ4v) is 1.78. The van der Waals surface area contributed by atoms with Crippen LogP contribution in [0.5, 0.6) is 0 Å². The summed E-state index contributed by atoms with van der Waals surface area (Å²) < 4.78 is 31.5. The van der Waals surface area contributed by atoms with Crippen molar-refractivity contribution in [3.05, 3.63) is 35.4 Å². The van der Waals surface area contributed by atoms with Crippen LogP contribution in [-0.4, -0.2) is 17.8 Å². The first-order valence-electron chi connectivity index (χ1n) is 5.71. The fraction of sp³-hybridized carbons (Fsp3) is 0.538. The third-order valence-corrected chi connectivity index (χ3v) is 2.55. The first-order valence-corrected chi connectivity index (χ1v) is 5.71. The predicted molar refractivity (Wildman–Crippen MR) is 61.6 cm³/mol. The summed E-state index contributed by atoms with van der Waals surface area (Å²) in [7, 11) is 0. The Hall–Kier alpha value is -1.00. The Morgan fingerprint density at radius 1 is 1.18 bits per heavy atom. The first kappa shape index (κ1) is 14.1. The van der Waals surface area contributed by atoms with Crippen LogP contribution in [0.4, 0.5) is 8.78 Å². The molecule has 1 aromatic rings. The van der Waals surface area contributed by atoms with Crippen LogP contribution in [0.2, 0.25) is 0 Å². The lowest BCUT2D eigenvalue weighted by Gasteiger charge is -2.26. The number of aliphatic hydroxyl groups excluding tert-OH is 1. The molecule has 1 aromatic carbocycles. The van der Waals surface area contributed by atoms with Gasteiger partial charge in [0, 0.05) is 12.7 Å². The zero-order valence-electron chi connectivity index (χ0n) is 10.3. The van der Waals surface area contributed by atoms with E-state index in [9.17, 15) is 13.9 Å². The summed E-state index contributed by atoms with van der Waals surface area (Å²) in [6, 6.07) is 3.03. The van der Waals surface area contributed by atoms with Crippen molar-refractivity contribution in [2.75, 3.05) is 6.61 Å². The number of hydrogen-bond acceptors (Lipinski definition) is 2. The molecule has 2 atom stereocenters. The summed E-state index contributed by atoms with van der Waals surface area (Å²) in [6.45, 7) is 6.03. The zero-order valence-corrected chi connectivity index (χ0v) is 10.3. The normalized spacial score (nSPS) is 15.0. The van der Waals surface area contributed by atoms with Crippen LogP contribution in [0.15, 0.2) is 18.2 Å². The SMILES string of the molecule is CCOC(C(C)C)C(O)c1cc(F)cc(F)c1. The highest BCUT2D eigenvalue weighted by Crippen LogP contribution is 2.25. The van der Waals surface area contributed by atoms with Gasteiger partial charge in [-0.3, -0.25) is 0 Å². The van der Waals surface area contributed by atoms with E-state index in [-0.39, 0.29) is 11.5 Å². The summed E-state index contributed by atoms with van der Waals surface area (Å²) in [4.78, 5) is 0. The van der Waals surface area contributed by atoms with Gasteiger partial charge in [0.1, 0.15) is 17.7 Å². The van der Waals surface area contributed by atoms with Crippen LogP contribution < -0.4 is 0 Å². The van der Waals surface area contributed by atoms with Gasteiger partial charge < -0.3 is 9.84 Å². The molecule has 4 heteroatoms. The molecule has 0 radical (unpaired) electrons. The van der Waals surface area contributed by atoms with Crippen molar-refractivity contribution in [3.8, 4) is 0 Å². The molecule has 0 saturated carbocycles. The van der Waals surface area contributed by atoms with E-state index in [1.54, 1.807) is 0 Å². The third-order valence-electron chi connectivity index (χ3n) is 2.55. The second-order valence-corrected chi connectivity index (χ2v) is 4.31. The summed E-state index contributed by atoms with van der Waals surface area (Å²) in [6.07, 6.45) is -1.50. The van der Waals surface area contributed by atoms with Crippen LogP contribution in [0.25, 0.3) is 0 Å². The molecule has 0 aliphatic heterocycles. The molecular formula is C13H18F2O2. The molecule has 0 aromatic heterocycles. The van der Waals surface area contributed by atoms with Gasteiger partial charge >= 0.3 is 0 Å². The first-order chi connectivity index (χ1) is 7.95. The number of hydrogen-bond donors (Lipinski definition) is 1. The molecule has 0 aliphatic rings. The Kier molecular flexibility index (Phi) is 5.02. The van der Waals surface area contributed by atoms with Crippen molar-refractivity contribution >= 4 is 0 Å². The fourth-order valence-electron chi connectivity index (χ4n) is 1.78. The van der Waals surface area contributed by atoms with Gasteiger partial charge in [-0.1, -0.05) is 13.8 Å². The predicted octanol–water partition coefficient (Wildman–Crippen LogP) is 3.06. The lowest BCUT2D eigenvalue weighted by molar-refractivity contribution is -0.0587. The number of aliphatic hydroxyl groups is 1. The minimum atomic E-state index is -1.03.